The van der Waals surface area contributed by atoms with Crippen LogP contribution in [0.25, 0.3) is 0 Å². The highest BCUT2D eigenvalue weighted by atomic mass is 16.7. The number of esters is 1. The number of carbonyl (C=O) groups is 1. The summed E-state index contributed by atoms with van der Waals surface area (Å²) in [5.41, 5.74) is 0. The first kappa shape index (κ1) is 47.9. The normalized spacial score (nSPS) is 21.8. The summed E-state index contributed by atoms with van der Waals surface area (Å²) in [7, 11) is 0. The van der Waals surface area contributed by atoms with Gasteiger partial charge in [0.1, 0.15) is 30.5 Å². The van der Waals surface area contributed by atoms with Crippen LogP contribution in [0.5, 0.6) is 0 Å². The highest BCUT2D eigenvalue weighted by Crippen LogP contribution is 2.22. The first-order valence-electron chi connectivity index (χ1n) is 20.4. The van der Waals surface area contributed by atoms with Crippen molar-refractivity contribution in [2.24, 2.45) is 0 Å². The molecular weight excluding hydrogens is 660 g/mol. The number of hydrogen-bond donors (Lipinski definition) is 4. The topological polar surface area (TPSA) is 135 Å². The Morgan fingerprint density at radius 1 is 0.635 bits per heavy atom. The van der Waals surface area contributed by atoms with Gasteiger partial charge in [0, 0.05) is 13.0 Å². The van der Waals surface area contributed by atoms with Gasteiger partial charge < -0.3 is 39.4 Å². The molecule has 1 fully saturated rings. The van der Waals surface area contributed by atoms with Crippen LogP contribution in [0.2, 0.25) is 0 Å². The maximum atomic E-state index is 12.7. The fourth-order valence-corrected chi connectivity index (χ4v) is 5.70. The molecule has 0 bridgehead atoms. The third-order valence-electron chi connectivity index (χ3n) is 8.92. The van der Waals surface area contributed by atoms with E-state index in [1.165, 1.54) is 38.5 Å². The van der Waals surface area contributed by atoms with E-state index in [0.717, 1.165) is 83.5 Å². The molecule has 0 aromatic carbocycles. The molecule has 0 aromatic rings. The lowest BCUT2D eigenvalue weighted by atomic mass is 9.99. The van der Waals surface area contributed by atoms with E-state index in [2.05, 4.69) is 74.6 Å². The molecule has 0 aliphatic carbocycles. The first-order chi connectivity index (χ1) is 25.4. The molecule has 0 radical (unpaired) electrons. The number of rotatable bonds is 33. The van der Waals surface area contributed by atoms with Crippen molar-refractivity contribution in [3.63, 3.8) is 0 Å². The molecule has 9 heteroatoms. The van der Waals surface area contributed by atoms with Crippen molar-refractivity contribution in [1.82, 2.24) is 0 Å². The predicted molar refractivity (Wildman–Crippen MR) is 210 cm³/mol. The van der Waals surface area contributed by atoms with Gasteiger partial charge >= 0.3 is 5.97 Å². The van der Waals surface area contributed by atoms with Crippen molar-refractivity contribution in [1.29, 1.82) is 0 Å². The first-order valence-corrected chi connectivity index (χ1v) is 20.4. The fraction of sp³-hybridized carbons (Fsp3) is 0.744. The van der Waals surface area contributed by atoms with Crippen LogP contribution in [-0.4, -0.2) is 89.6 Å². The zero-order valence-electron chi connectivity index (χ0n) is 32.5. The van der Waals surface area contributed by atoms with Crippen molar-refractivity contribution in [3.8, 4) is 0 Å². The second-order valence-electron chi connectivity index (χ2n) is 13.7. The molecule has 1 saturated heterocycles. The van der Waals surface area contributed by atoms with E-state index in [4.69, 9.17) is 18.9 Å². The Morgan fingerprint density at radius 3 is 1.79 bits per heavy atom. The maximum absolute atomic E-state index is 12.7. The van der Waals surface area contributed by atoms with Gasteiger partial charge in [-0.1, -0.05) is 126 Å². The van der Waals surface area contributed by atoms with Gasteiger partial charge in [-0.2, -0.15) is 0 Å². The van der Waals surface area contributed by atoms with Gasteiger partial charge in [-0.25, -0.2) is 0 Å². The van der Waals surface area contributed by atoms with Crippen LogP contribution >= 0.6 is 0 Å². The molecule has 4 N–H and O–H groups in total. The number of carbonyl (C=O) groups excluding carboxylic acids is 1. The number of unbranched alkanes of at least 4 members (excludes halogenated alkanes) is 12. The fourth-order valence-electron chi connectivity index (χ4n) is 5.70. The quantitative estimate of drug-likeness (QED) is 0.0298. The Bertz CT molecular complexity index is 974. The second-order valence-corrected chi connectivity index (χ2v) is 13.7. The number of aliphatic hydroxyl groups is 4. The van der Waals surface area contributed by atoms with Gasteiger partial charge in [0.05, 0.1) is 19.8 Å². The molecule has 1 heterocycles. The van der Waals surface area contributed by atoms with Crippen LogP contribution in [0.4, 0.5) is 0 Å². The smallest absolute Gasteiger partial charge is 0.306 e. The highest BCUT2D eigenvalue weighted by molar-refractivity contribution is 5.69. The predicted octanol–water partition coefficient (Wildman–Crippen LogP) is 8.35. The highest BCUT2D eigenvalue weighted by Gasteiger charge is 2.44. The molecule has 6 atom stereocenters. The van der Waals surface area contributed by atoms with Crippen LogP contribution in [-0.2, 0) is 23.7 Å². The largest absolute Gasteiger partial charge is 0.457 e. The summed E-state index contributed by atoms with van der Waals surface area (Å²) in [5, 5.41) is 40.0. The van der Waals surface area contributed by atoms with Gasteiger partial charge in [0.25, 0.3) is 0 Å². The van der Waals surface area contributed by atoms with Crippen molar-refractivity contribution in [3.05, 3.63) is 60.8 Å². The van der Waals surface area contributed by atoms with E-state index < -0.39 is 43.4 Å². The molecule has 300 valence electrons. The zero-order chi connectivity index (χ0) is 37.9. The number of hydrogen-bond acceptors (Lipinski definition) is 9. The van der Waals surface area contributed by atoms with E-state index in [1.807, 2.05) is 0 Å². The second kappa shape index (κ2) is 34.6. The Morgan fingerprint density at radius 2 is 1.17 bits per heavy atom. The molecule has 0 saturated carbocycles. The Labute approximate surface area is 315 Å². The Balaban J connectivity index is 2.34. The van der Waals surface area contributed by atoms with Crippen molar-refractivity contribution in [2.75, 3.05) is 26.4 Å². The lowest BCUT2D eigenvalue weighted by Gasteiger charge is -2.39. The molecule has 1 aliphatic heterocycles. The summed E-state index contributed by atoms with van der Waals surface area (Å²) in [6.45, 7) is 4.34. The third-order valence-corrected chi connectivity index (χ3v) is 8.92. The van der Waals surface area contributed by atoms with Gasteiger partial charge in [0.15, 0.2) is 6.29 Å². The molecule has 0 aromatic heterocycles. The van der Waals surface area contributed by atoms with Gasteiger partial charge in [-0.3, -0.25) is 4.79 Å². The minimum absolute atomic E-state index is 0.127. The van der Waals surface area contributed by atoms with E-state index in [0.29, 0.717) is 6.61 Å². The lowest BCUT2D eigenvalue weighted by Crippen LogP contribution is -2.59. The molecule has 1 rings (SSSR count). The third kappa shape index (κ3) is 25.8. The van der Waals surface area contributed by atoms with Crippen LogP contribution in [0.3, 0.4) is 0 Å². The monoisotopic (exact) mass is 735 g/mol. The zero-order valence-corrected chi connectivity index (χ0v) is 32.5. The molecular formula is C43H74O9. The van der Waals surface area contributed by atoms with Crippen LogP contribution in [0, 0.1) is 0 Å². The Kier molecular flexibility index (Phi) is 31.9. The number of aliphatic hydroxyl groups excluding tert-OH is 4. The average Bonchev–Trinajstić information content (AvgIpc) is 3.14. The van der Waals surface area contributed by atoms with E-state index in [9.17, 15) is 25.2 Å². The summed E-state index contributed by atoms with van der Waals surface area (Å²) in [6, 6.07) is 0. The average molecular weight is 735 g/mol. The summed E-state index contributed by atoms with van der Waals surface area (Å²) in [6.07, 6.45) is 35.3. The summed E-state index contributed by atoms with van der Waals surface area (Å²) in [5.74, 6) is -0.342. The lowest BCUT2D eigenvalue weighted by molar-refractivity contribution is -0.305. The van der Waals surface area contributed by atoms with Crippen LogP contribution in [0.15, 0.2) is 60.8 Å². The van der Waals surface area contributed by atoms with Gasteiger partial charge in [-0.15, -0.1) is 0 Å². The molecule has 1 aliphatic rings. The molecule has 52 heavy (non-hydrogen) atoms. The van der Waals surface area contributed by atoms with E-state index >= 15 is 0 Å². The van der Waals surface area contributed by atoms with Crippen molar-refractivity contribution >= 4 is 5.97 Å². The summed E-state index contributed by atoms with van der Waals surface area (Å²) >= 11 is 0. The number of ether oxygens (including phenoxy) is 4. The Hall–Kier alpha value is -2.11. The van der Waals surface area contributed by atoms with E-state index in [1.54, 1.807) is 0 Å². The molecule has 0 spiro atoms. The summed E-state index contributed by atoms with van der Waals surface area (Å²) < 4.78 is 22.7. The standard InChI is InChI=1S/C43H74O9/c1-3-5-7-9-11-13-15-17-18-19-20-21-22-24-26-28-30-32-39(45)51-37(36-50-43-42(48)41(47)40(46)38(34-44)52-43)35-49-33-31-29-27-25-23-16-14-12-10-8-6-4-2/h5,7,10-13,17-18,20-21,37-38,40-44,46-48H,3-4,6,8-9,14-16,19,22-36H2,1-2H3/b7-5-,12-10-,13-11-,18-17-,21-20-. The van der Waals surface area contributed by atoms with E-state index in [-0.39, 0.29) is 25.6 Å². The summed E-state index contributed by atoms with van der Waals surface area (Å²) in [4.78, 5) is 12.7. The molecule has 0 amide bonds. The molecule has 6 unspecified atom stereocenters. The minimum Gasteiger partial charge on any atom is -0.457 e. The minimum atomic E-state index is -1.54. The van der Waals surface area contributed by atoms with Crippen molar-refractivity contribution in [2.45, 2.75) is 179 Å². The van der Waals surface area contributed by atoms with Crippen LogP contribution in [0.1, 0.15) is 142 Å². The van der Waals surface area contributed by atoms with Gasteiger partial charge in [-0.05, 0) is 70.6 Å². The number of allylic oxidation sites excluding steroid dienone is 10. The maximum Gasteiger partial charge on any atom is 0.306 e. The molecule has 9 nitrogen and oxygen atoms in total. The SMILES string of the molecule is CC/C=C\C/C=C\C/C=C\C/C=C\CCCCCCC(=O)OC(COCCCCCCCC/C=C\CCCC)COC1OC(CO)C(O)C(O)C1O. The van der Waals surface area contributed by atoms with Crippen molar-refractivity contribution < 1.29 is 44.2 Å². The van der Waals surface area contributed by atoms with Gasteiger partial charge in [0.2, 0.25) is 0 Å². The van der Waals surface area contributed by atoms with Crippen LogP contribution < -0.4 is 0 Å².